The number of fused-ring (bicyclic) bond motifs is 1. The minimum Gasteiger partial charge on any atom is -0.472 e. The Labute approximate surface area is 190 Å². The molecule has 3 atom stereocenters. The lowest BCUT2D eigenvalue weighted by molar-refractivity contribution is 0.0351. The molecule has 0 aromatic carbocycles. The molecule has 0 radical (unpaired) electrons. The van der Waals surface area contributed by atoms with Crippen LogP contribution in [0.5, 0.6) is 5.88 Å². The molecule has 1 aliphatic heterocycles. The Morgan fingerprint density at radius 1 is 1.41 bits per heavy atom. The normalized spacial score (nSPS) is 21.5. The zero-order valence-corrected chi connectivity index (χ0v) is 19.6. The molecule has 32 heavy (non-hydrogen) atoms. The number of aromatic nitrogens is 1. The Morgan fingerprint density at radius 2 is 2.12 bits per heavy atom. The molecule has 1 aromatic rings. The largest absolute Gasteiger partial charge is 0.472 e. The molecule has 1 aliphatic carbocycles. The Hall–Kier alpha value is -2.79. The van der Waals surface area contributed by atoms with Crippen LogP contribution in [0.25, 0.3) is 0 Å². The van der Waals surface area contributed by atoms with Crippen LogP contribution in [0, 0.1) is 23.7 Å². The number of hydrogen-bond acceptors (Lipinski definition) is 5. The van der Waals surface area contributed by atoms with Crippen molar-refractivity contribution in [2.45, 2.75) is 58.7 Å². The fraction of sp³-hybridized carbons (Fsp3) is 0.625. The van der Waals surface area contributed by atoms with Crippen molar-refractivity contribution in [1.29, 1.82) is 0 Å². The summed E-state index contributed by atoms with van der Waals surface area (Å²) in [4.78, 5) is 33.4. The third kappa shape index (κ3) is 5.92. The Balaban J connectivity index is 1.91. The molecule has 0 bridgehead atoms. The van der Waals surface area contributed by atoms with E-state index in [-0.39, 0.29) is 48.5 Å². The number of nitrogens with one attached hydrogen (secondary N) is 1. The molecule has 8 nitrogen and oxygen atoms in total. The van der Waals surface area contributed by atoms with Crippen molar-refractivity contribution in [1.82, 2.24) is 20.1 Å². The summed E-state index contributed by atoms with van der Waals surface area (Å²) in [5.74, 6) is 6.64. The number of rotatable bonds is 5. The number of hydrogen-bond donors (Lipinski definition) is 2. The first kappa shape index (κ1) is 23.9. The number of aliphatic hydroxyl groups is 1. The summed E-state index contributed by atoms with van der Waals surface area (Å²) < 4.78 is 6.21. The van der Waals surface area contributed by atoms with E-state index in [9.17, 15) is 14.7 Å². The molecule has 8 heteroatoms. The van der Waals surface area contributed by atoms with Crippen molar-refractivity contribution in [2.24, 2.45) is 11.8 Å². The molecule has 1 fully saturated rings. The van der Waals surface area contributed by atoms with Crippen LogP contribution in [0.3, 0.4) is 0 Å². The standard InChI is InChI=1S/C24H34N4O4/c1-15(2)26-24(31)27(5)13-21-16(3)12-28(17(4)14-29)23(30)20-10-19(9-8-18-6-7-18)11-25-22(20)32-21/h10-11,15-18,21,29H,6-7,12-14H2,1-5H3,(H,26,31)/t16-,17-,21-/m1/s1. The average Bonchev–Trinajstić information content (AvgIpc) is 3.58. The number of urea groups is 1. The SMILES string of the molecule is CC(C)NC(=O)N(C)C[C@H]1Oc2ncc(C#CC3CC3)cc2C(=O)N([C@H](C)CO)C[C@H]1C. The summed E-state index contributed by atoms with van der Waals surface area (Å²) in [5.41, 5.74) is 1.00. The Morgan fingerprint density at radius 3 is 2.75 bits per heavy atom. The maximum Gasteiger partial charge on any atom is 0.317 e. The van der Waals surface area contributed by atoms with E-state index in [0.29, 0.717) is 30.1 Å². The number of carbonyl (C=O) groups excluding carboxylic acids is 2. The highest BCUT2D eigenvalue weighted by atomic mass is 16.5. The highest BCUT2D eigenvalue weighted by Gasteiger charge is 2.34. The van der Waals surface area contributed by atoms with Crippen molar-refractivity contribution in [3.8, 4) is 17.7 Å². The lowest BCUT2D eigenvalue weighted by Gasteiger charge is -2.37. The molecule has 1 saturated carbocycles. The van der Waals surface area contributed by atoms with Crippen LogP contribution in [-0.4, -0.2) is 76.8 Å². The lowest BCUT2D eigenvalue weighted by Crippen LogP contribution is -2.51. The number of carbonyl (C=O) groups is 2. The minimum absolute atomic E-state index is 0.0247. The number of likely N-dealkylation sites (N-methyl/N-ethyl adjacent to an activating group) is 1. The van der Waals surface area contributed by atoms with Crippen LogP contribution in [0.2, 0.25) is 0 Å². The van der Waals surface area contributed by atoms with E-state index < -0.39 is 0 Å². The van der Waals surface area contributed by atoms with E-state index in [1.165, 1.54) is 0 Å². The fourth-order valence-corrected chi connectivity index (χ4v) is 3.51. The van der Waals surface area contributed by atoms with Gasteiger partial charge in [0.2, 0.25) is 5.88 Å². The summed E-state index contributed by atoms with van der Waals surface area (Å²) in [6.07, 6.45) is 3.48. The van der Waals surface area contributed by atoms with E-state index >= 15 is 0 Å². The van der Waals surface area contributed by atoms with Crippen LogP contribution in [0.4, 0.5) is 4.79 Å². The zero-order chi connectivity index (χ0) is 23.4. The van der Waals surface area contributed by atoms with E-state index in [1.807, 2.05) is 27.7 Å². The summed E-state index contributed by atoms with van der Waals surface area (Å²) in [6, 6.07) is 1.20. The van der Waals surface area contributed by atoms with Crippen molar-refractivity contribution in [3.05, 3.63) is 23.4 Å². The molecule has 2 N–H and O–H groups in total. The first-order chi connectivity index (χ1) is 15.2. The molecule has 0 spiro atoms. The molecule has 174 valence electrons. The van der Waals surface area contributed by atoms with Crippen molar-refractivity contribution in [3.63, 3.8) is 0 Å². The maximum absolute atomic E-state index is 13.4. The quantitative estimate of drug-likeness (QED) is 0.681. The monoisotopic (exact) mass is 442 g/mol. The van der Waals surface area contributed by atoms with E-state index in [0.717, 1.165) is 12.8 Å². The summed E-state index contributed by atoms with van der Waals surface area (Å²) in [6.45, 7) is 8.18. The predicted molar refractivity (Wildman–Crippen MR) is 121 cm³/mol. The predicted octanol–water partition coefficient (Wildman–Crippen LogP) is 2.11. The molecule has 0 saturated heterocycles. The first-order valence-electron chi connectivity index (χ1n) is 11.3. The van der Waals surface area contributed by atoms with Gasteiger partial charge in [0.15, 0.2) is 0 Å². The average molecular weight is 443 g/mol. The molecule has 3 amide bonds. The maximum atomic E-state index is 13.4. The molecule has 3 rings (SSSR count). The van der Waals surface area contributed by atoms with Crippen molar-refractivity contribution < 1.29 is 19.4 Å². The Kier molecular flexibility index (Phi) is 7.62. The second-order valence-corrected chi connectivity index (χ2v) is 9.23. The van der Waals surface area contributed by atoms with E-state index in [2.05, 4.69) is 22.1 Å². The van der Waals surface area contributed by atoms with Gasteiger partial charge in [-0.25, -0.2) is 9.78 Å². The highest BCUT2D eigenvalue weighted by molar-refractivity contribution is 5.97. The van der Waals surface area contributed by atoms with Crippen LogP contribution in [0.1, 0.15) is 56.5 Å². The van der Waals surface area contributed by atoms with E-state index in [1.54, 1.807) is 29.1 Å². The zero-order valence-electron chi connectivity index (χ0n) is 19.6. The number of amides is 3. The van der Waals surface area contributed by atoms with Crippen LogP contribution in [0.15, 0.2) is 12.3 Å². The molecule has 2 aliphatic rings. The molecule has 2 heterocycles. The van der Waals surface area contributed by atoms with Gasteiger partial charge in [-0.3, -0.25) is 4.79 Å². The van der Waals surface area contributed by atoms with Gasteiger partial charge in [-0.2, -0.15) is 0 Å². The number of nitrogens with zero attached hydrogens (tertiary/aromatic N) is 3. The molecular weight excluding hydrogens is 408 g/mol. The smallest absolute Gasteiger partial charge is 0.317 e. The second-order valence-electron chi connectivity index (χ2n) is 9.23. The number of aliphatic hydroxyl groups excluding tert-OH is 1. The van der Waals surface area contributed by atoms with Gasteiger partial charge in [0.25, 0.3) is 5.91 Å². The molecule has 1 aromatic heterocycles. The van der Waals surface area contributed by atoms with Gasteiger partial charge >= 0.3 is 6.03 Å². The minimum atomic E-state index is -0.381. The third-order valence-corrected chi connectivity index (χ3v) is 5.73. The van der Waals surface area contributed by atoms with Crippen LogP contribution in [-0.2, 0) is 0 Å². The summed E-state index contributed by atoms with van der Waals surface area (Å²) in [7, 11) is 1.72. The van der Waals surface area contributed by atoms with Crippen molar-refractivity contribution >= 4 is 11.9 Å². The van der Waals surface area contributed by atoms with Gasteiger partial charge < -0.3 is 25.0 Å². The Bertz CT molecular complexity index is 903. The first-order valence-corrected chi connectivity index (χ1v) is 11.3. The second kappa shape index (κ2) is 10.2. The molecular formula is C24H34N4O4. The van der Waals surface area contributed by atoms with Gasteiger partial charge in [-0.1, -0.05) is 18.8 Å². The van der Waals surface area contributed by atoms with Gasteiger partial charge in [-0.05, 0) is 39.7 Å². The van der Waals surface area contributed by atoms with Crippen molar-refractivity contribution in [2.75, 3.05) is 26.7 Å². The van der Waals surface area contributed by atoms with Gasteiger partial charge in [-0.15, -0.1) is 0 Å². The number of pyridine rings is 1. The number of ether oxygens (including phenoxy) is 1. The summed E-state index contributed by atoms with van der Waals surface area (Å²) >= 11 is 0. The van der Waals surface area contributed by atoms with Gasteiger partial charge in [0.05, 0.1) is 19.2 Å². The summed E-state index contributed by atoms with van der Waals surface area (Å²) in [5, 5.41) is 12.6. The topological polar surface area (TPSA) is 95.0 Å². The fourth-order valence-electron chi connectivity index (χ4n) is 3.51. The highest BCUT2D eigenvalue weighted by Crippen LogP contribution is 2.29. The van der Waals surface area contributed by atoms with Gasteiger partial charge in [0.1, 0.15) is 11.7 Å². The third-order valence-electron chi connectivity index (χ3n) is 5.73. The van der Waals surface area contributed by atoms with E-state index in [4.69, 9.17) is 4.74 Å². The van der Waals surface area contributed by atoms with Gasteiger partial charge in [0, 0.05) is 43.2 Å². The molecule has 0 unspecified atom stereocenters. The lowest BCUT2D eigenvalue weighted by atomic mass is 10.00. The van der Waals surface area contributed by atoms with Crippen LogP contribution < -0.4 is 10.1 Å². The van der Waals surface area contributed by atoms with Crippen LogP contribution >= 0.6 is 0 Å².